The minimum Gasteiger partial charge on any atom is -0.292 e. The van der Waals surface area contributed by atoms with Gasteiger partial charge in [-0.15, -0.1) is 0 Å². The molecule has 0 aliphatic rings. The van der Waals surface area contributed by atoms with E-state index in [9.17, 15) is 17.6 Å². The lowest BCUT2D eigenvalue weighted by Crippen LogP contribution is -2.24. The minimum atomic E-state index is -3.91. The number of benzene rings is 1. The number of Topliss-reactive ketones (excluding diaryl/α,β-unsaturated/α-hetero) is 1. The summed E-state index contributed by atoms with van der Waals surface area (Å²) in [5, 5.41) is -0.294. The third-order valence-electron chi connectivity index (χ3n) is 3.89. The lowest BCUT2D eigenvalue weighted by molar-refractivity contribution is 0.0977. The van der Waals surface area contributed by atoms with E-state index in [0.29, 0.717) is 12.1 Å². The van der Waals surface area contributed by atoms with E-state index in [1.165, 1.54) is 18.7 Å². The van der Waals surface area contributed by atoms with Crippen molar-refractivity contribution >= 4 is 27.4 Å². The molecule has 0 bridgehead atoms. The Balaban J connectivity index is 1.58. The number of nitrogens with zero attached hydrogens (tertiary/aromatic N) is 4. The molecule has 0 amide bonds. The molecule has 2 heterocycles. The van der Waals surface area contributed by atoms with E-state index in [1.54, 1.807) is 12.4 Å². The Morgan fingerprint density at radius 2 is 1.86 bits per heavy atom. The minimum absolute atomic E-state index is 0.153. The summed E-state index contributed by atoms with van der Waals surface area (Å²) in [7, 11) is -3.91. The summed E-state index contributed by atoms with van der Waals surface area (Å²) in [6, 6.07) is 3.10. The van der Waals surface area contributed by atoms with Crippen molar-refractivity contribution in [2.24, 2.45) is 0 Å². The normalized spacial score (nSPS) is 11.4. The lowest BCUT2D eigenvalue weighted by Gasteiger charge is -2.07. The average molecular weight is 436 g/mol. The van der Waals surface area contributed by atoms with Crippen LogP contribution in [0.15, 0.2) is 54.2 Å². The fourth-order valence-corrected chi connectivity index (χ4v) is 3.60. The van der Waals surface area contributed by atoms with Crippen molar-refractivity contribution in [1.82, 2.24) is 24.7 Å². The molecule has 8 nitrogen and oxygen atoms in total. The molecular formula is C18H15ClFN5O3S. The summed E-state index contributed by atoms with van der Waals surface area (Å²) < 4.78 is 40.0. The first-order valence-electron chi connectivity index (χ1n) is 8.38. The SMILES string of the molecule is O=C(CCc1cncnc1)c1cnc(CNS(=O)(=O)c2ccc(F)c(Cl)c2)cn1. The fraction of sp³-hybridized carbons (Fsp3) is 0.167. The molecule has 0 unspecified atom stereocenters. The van der Waals surface area contributed by atoms with Crippen LogP contribution in [0.4, 0.5) is 4.39 Å². The van der Waals surface area contributed by atoms with Gasteiger partial charge < -0.3 is 0 Å². The zero-order chi connectivity index (χ0) is 20.9. The van der Waals surface area contributed by atoms with E-state index in [0.717, 1.165) is 23.8 Å². The quantitative estimate of drug-likeness (QED) is 0.540. The average Bonchev–Trinajstić information content (AvgIpc) is 2.73. The zero-order valence-corrected chi connectivity index (χ0v) is 16.5. The molecule has 0 radical (unpaired) electrons. The van der Waals surface area contributed by atoms with Crippen molar-refractivity contribution in [2.75, 3.05) is 0 Å². The molecule has 0 fully saturated rings. The molecular weight excluding hydrogens is 421 g/mol. The summed E-state index contributed by atoms with van der Waals surface area (Å²) in [5.41, 5.74) is 1.33. The van der Waals surface area contributed by atoms with Crippen LogP contribution >= 0.6 is 11.6 Å². The molecule has 0 aliphatic carbocycles. The van der Waals surface area contributed by atoms with Gasteiger partial charge in [-0.05, 0) is 30.2 Å². The molecule has 1 N–H and O–H groups in total. The molecule has 0 saturated heterocycles. The van der Waals surface area contributed by atoms with Gasteiger partial charge in [0.2, 0.25) is 10.0 Å². The number of aryl methyl sites for hydroxylation is 1. The van der Waals surface area contributed by atoms with Crippen LogP contribution in [0.1, 0.15) is 28.2 Å². The Kier molecular flexibility index (Phi) is 6.57. The summed E-state index contributed by atoms with van der Waals surface area (Å²) in [6.45, 7) is -0.153. The third kappa shape index (κ3) is 5.59. The number of carbonyl (C=O) groups excluding carboxylic acids is 1. The molecule has 29 heavy (non-hydrogen) atoms. The van der Waals surface area contributed by atoms with Gasteiger partial charge in [0.25, 0.3) is 0 Å². The van der Waals surface area contributed by atoms with Crippen LogP contribution in [0.5, 0.6) is 0 Å². The molecule has 0 atom stereocenters. The first kappa shape index (κ1) is 20.9. The molecule has 0 aliphatic heterocycles. The topological polar surface area (TPSA) is 115 Å². The predicted molar refractivity (Wildman–Crippen MR) is 102 cm³/mol. The Labute approximate surface area is 171 Å². The number of ketones is 1. The number of halogens is 2. The summed E-state index contributed by atoms with van der Waals surface area (Å²) in [5.74, 6) is -0.911. The van der Waals surface area contributed by atoms with Crippen LogP contribution in [0.3, 0.4) is 0 Å². The van der Waals surface area contributed by atoms with Crippen LogP contribution in [0.2, 0.25) is 5.02 Å². The number of sulfonamides is 1. The maximum atomic E-state index is 13.2. The predicted octanol–water partition coefficient (Wildman–Crippen LogP) is 2.35. The number of nitrogens with one attached hydrogen (secondary N) is 1. The van der Waals surface area contributed by atoms with E-state index in [2.05, 4.69) is 24.7 Å². The maximum Gasteiger partial charge on any atom is 0.240 e. The van der Waals surface area contributed by atoms with Gasteiger partial charge in [-0.25, -0.2) is 32.5 Å². The number of hydrogen-bond acceptors (Lipinski definition) is 7. The van der Waals surface area contributed by atoms with Crippen LogP contribution in [-0.2, 0) is 23.0 Å². The van der Waals surface area contributed by atoms with Gasteiger partial charge in [0.1, 0.15) is 17.8 Å². The molecule has 2 aromatic heterocycles. The highest BCUT2D eigenvalue weighted by atomic mass is 35.5. The second-order valence-corrected chi connectivity index (χ2v) is 8.14. The summed E-state index contributed by atoms with van der Waals surface area (Å²) >= 11 is 5.62. The van der Waals surface area contributed by atoms with Crippen LogP contribution in [0, 0.1) is 5.82 Å². The second-order valence-electron chi connectivity index (χ2n) is 5.96. The van der Waals surface area contributed by atoms with E-state index in [4.69, 9.17) is 11.6 Å². The standard InChI is InChI=1S/C18H15ClFN5O3S/c19-15-5-14(2-3-16(15)20)29(27,28)25-9-13-8-24-17(10-23-13)18(26)4-1-12-6-21-11-22-7-12/h2-3,5-8,10-11,25H,1,4,9H2. The summed E-state index contributed by atoms with van der Waals surface area (Å²) in [6.07, 6.45) is 7.99. The van der Waals surface area contributed by atoms with Crippen molar-refractivity contribution in [3.63, 3.8) is 0 Å². The smallest absolute Gasteiger partial charge is 0.240 e. The van der Waals surface area contributed by atoms with E-state index < -0.39 is 15.8 Å². The van der Waals surface area contributed by atoms with Crippen LogP contribution in [0.25, 0.3) is 0 Å². The monoisotopic (exact) mass is 435 g/mol. The highest BCUT2D eigenvalue weighted by Gasteiger charge is 2.16. The first-order chi connectivity index (χ1) is 13.8. The molecule has 3 aromatic rings. The Morgan fingerprint density at radius 1 is 1.10 bits per heavy atom. The number of rotatable bonds is 8. The van der Waals surface area contributed by atoms with Gasteiger partial charge in [-0.1, -0.05) is 11.6 Å². The molecule has 11 heteroatoms. The number of carbonyl (C=O) groups is 1. The molecule has 150 valence electrons. The number of hydrogen-bond donors (Lipinski definition) is 1. The second kappa shape index (κ2) is 9.12. The van der Waals surface area contributed by atoms with Crippen LogP contribution < -0.4 is 4.72 Å². The lowest BCUT2D eigenvalue weighted by atomic mass is 10.1. The molecule has 0 spiro atoms. The van der Waals surface area contributed by atoms with Crippen molar-refractivity contribution in [3.8, 4) is 0 Å². The van der Waals surface area contributed by atoms with Crippen LogP contribution in [-0.4, -0.2) is 34.1 Å². The maximum absolute atomic E-state index is 13.2. The van der Waals surface area contributed by atoms with E-state index in [-0.39, 0.29) is 34.4 Å². The molecule has 0 saturated carbocycles. The van der Waals surface area contributed by atoms with Gasteiger partial charge in [-0.2, -0.15) is 0 Å². The van der Waals surface area contributed by atoms with E-state index >= 15 is 0 Å². The van der Waals surface area contributed by atoms with Crippen molar-refractivity contribution in [2.45, 2.75) is 24.3 Å². The van der Waals surface area contributed by atoms with Gasteiger partial charge in [-0.3, -0.25) is 9.78 Å². The number of aromatic nitrogens is 4. The molecule has 1 aromatic carbocycles. The fourth-order valence-electron chi connectivity index (χ4n) is 2.33. The largest absolute Gasteiger partial charge is 0.292 e. The Hall–Kier alpha value is -2.82. The van der Waals surface area contributed by atoms with Gasteiger partial charge in [0, 0.05) is 18.8 Å². The first-order valence-corrected chi connectivity index (χ1v) is 10.2. The van der Waals surface area contributed by atoms with Gasteiger partial charge >= 0.3 is 0 Å². The van der Waals surface area contributed by atoms with Crippen molar-refractivity contribution in [1.29, 1.82) is 0 Å². The van der Waals surface area contributed by atoms with Crippen molar-refractivity contribution in [3.05, 3.63) is 77.1 Å². The Bertz CT molecular complexity index is 1110. The van der Waals surface area contributed by atoms with E-state index in [1.807, 2.05) is 0 Å². The van der Waals surface area contributed by atoms with Crippen molar-refractivity contribution < 1.29 is 17.6 Å². The zero-order valence-electron chi connectivity index (χ0n) is 14.9. The highest BCUT2D eigenvalue weighted by molar-refractivity contribution is 7.89. The highest BCUT2D eigenvalue weighted by Crippen LogP contribution is 2.19. The summed E-state index contributed by atoms with van der Waals surface area (Å²) in [4.78, 5) is 27.9. The third-order valence-corrected chi connectivity index (χ3v) is 5.58. The molecule has 3 rings (SSSR count). The Morgan fingerprint density at radius 3 is 2.52 bits per heavy atom. The van der Waals surface area contributed by atoms with Gasteiger partial charge in [0.15, 0.2) is 5.78 Å². The van der Waals surface area contributed by atoms with Gasteiger partial charge in [0.05, 0.1) is 34.6 Å².